The predicted molar refractivity (Wildman–Crippen MR) is 94.7 cm³/mol. The maximum absolute atomic E-state index is 12.7. The summed E-state index contributed by atoms with van der Waals surface area (Å²) in [6.45, 7) is 6.68. The van der Waals surface area contributed by atoms with Crippen molar-refractivity contribution in [2.45, 2.75) is 33.8 Å². The molecule has 26 heavy (non-hydrogen) atoms. The Bertz CT molecular complexity index is 859. The van der Waals surface area contributed by atoms with Gasteiger partial charge in [0.25, 0.3) is 0 Å². The van der Waals surface area contributed by atoms with E-state index in [0.29, 0.717) is 16.8 Å². The molecule has 0 unspecified atom stereocenters. The van der Waals surface area contributed by atoms with Gasteiger partial charge in [-0.25, -0.2) is 14.6 Å². The van der Waals surface area contributed by atoms with Gasteiger partial charge < -0.3 is 14.5 Å². The van der Waals surface area contributed by atoms with E-state index in [4.69, 9.17) is 21.1 Å². The van der Waals surface area contributed by atoms with Crippen LogP contribution in [0.4, 0.5) is 0 Å². The van der Waals surface area contributed by atoms with Crippen molar-refractivity contribution in [1.29, 1.82) is 0 Å². The lowest BCUT2D eigenvalue weighted by molar-refractivity contribution is 0.0316. The fourth-order valence-corrected chi connectivity index (χ4v) is 2.72. The second kappa shape index (κ2) is 8.14. The fourth-order valence-electron chi connectivity index (χ4n) is 2.52. The summed E-state index contributed by atoms with van der Waals surface area (Å²) in [5.74, 6) is -1.73. The number of Topliss-reactive ketones (excluding diaryl/α,β-unsaturated/α-hetero) is 1. The van der Waals surface area contributed by atoms with E-state index in [1.54, 1.807) is 26.8 Å². The summed E-state index contributed by atoms with van der Waals surface area (Å²) in [6.07, 6.45) is 0.362. The van der Waals surface area contributed by atoms with Crippen LogP contribution in [0.1, 0.15) is 56.3 Å². The zero-order valence-corrected chi connectivity index (χ0v) is 15.6. The van der Waals surface area contributed by atoms with Crippen LogP contribution in [0.25, 0.3) is 0 Å². The Morgan fingerprint density at radius 2 is 1.96 bits per heavy atom. The average molecular weight is 379 g/mol. The molecule has 0 aliphatic rings. The highest BCUT2D eigenvalue weighted by molar-refractivity contribution is 6.32. The lowest BCUT2D eigenvalue weighted by Crippen LogP contribution is -2.25. The van der Waals surface area contributed by atoms with Crippen molar-refractivity contribution in [2.24, 2.45) is 0 Å². The summed E-state index contributed by atoms with van der Waals surface area (Å²) in [6, 6.07) is 3.00. The van der Waals surface area contributed by atoms with Crippen molar-refractivity contribution in [1.82, 2.24) is 9.97 Å². The van der Waals surface area contributed by atoms with E-state index in [1.807, 2.05) is 0 Å². The predicted octanol–water partition coefficient (Wildman–Crippen LogP) is 3.28. The van der Waals surface area contributed by atoms with Crippen molar-refractivity contribution < 1.29 is 23.9 Å². The average Bonchev–Trinajstić information content (AvgIpc) is 2.89. The summed E-state index contributed by atoms with van der Waals surface area (Å²) in [4.78, 5) is 43.5. The number of carbonyl (C=O) groups excluding carboxylic acids is 3. The molecule has 0 aliphatic carbocycles. The van der Waals surface area contributed by atoms with Crippen LogP contribution in [0.2, 0.25) is 5.15 Å². The van der Waals surface area contributed by atoms with Crippen LogP contribution in [0.15, 0.2) is 18.3 Å². The molecule has 2 rings (SSSR count). The van der Waals surface area contributed by atoms with Gasteiger partial charge in [0.05, 0.1) is 23.4 Å². The van der Waals surface area contributed by atoms with Gasteiger partial charge in [-0.1, -0.05) is 11.6 Å². The van der Waals surface area contributed by atoms with Gasteiger partial charge in [0.15, 0.2) is 6.10 Å². The number of aryl methyl sites for hydroxylation is 1. The molecule has 0 bridgehead atoms. The highest BCUT2D eigenvalue weighted by Gasteiger charge is 2.28. The van der Waals surface area contributed by atoms with Gasteiger partial charge in [0.1, 0.15) is 5.15 Å². The minimum Gasteiger partial charge on any atom is -0.462 e. The zero-order valence-electron chi connectivity index (χ0n) is 14.9. The van der Waals surface area contributed by atoms with Crippen LogP contribution in [0.5, 0.6) is 0 Å². The normalized spacial score (nSPS) is 11.7. The molecule has 0 spiro atoms. The molecule has 2 aromatic rings. The van der Waals surface area contributed by atoms with E-state index in [2.05, 4.69) is 9.97 Å². The van der Waals surface area contributed by atoms with Crippen LogP contribution in [-0.4, -0.2) is 40.4 Å². The smallest absolute Gasteiger partial charge is 0.341 e. The van der Waals surface area contributed by atoms with Gasteiger partial charge in [0, 0.05) is 11.9 Å². The van der Waals surface area contributed by atoms with Crippen LogP contribution in [0, 0.1) is 13.8 Å². The van der Waals surface area contributed by atoms with E-state index < -0.39 is 23.8 Å². The van der Waals surface area contributed by atoms with Crippen molar-refractivity contribution in [3.8, 4) is 0 Å². The molecule has 2 heterocycles. The van der Waals surface area contributed by atoms with E-state index in [9.17, 15) is 14.4 Å². The molecule has 1 N–H and O–H groups in total. The van der Waals surface area contributed by atoms with Crippen LogP contribution in [-0.2, 0) is 9.47 Å². The number of aromatic nitrogens is 2. The number of aromatic amines is 1. The minimum absolute atomic E-state index is 0.00588. The molecule has 2 aromatic heterocycles. The first-order valence-corrected chi connectivity index (χ1v) is 8.37. The largest absolute Gasteiger partial charge is 0.462 e. The van der Waals surface area contributed by atoms with Crippen molar-refractivity contribution >= 4 is 29.3 Å². The summed E-state index contributed by atoms with van der Waals surface area (Å²) in [7, 11) is 0. The third-order valence-corrected chi connectivity index (χ3v) is 4.10. The van der Waals surface area contributed by atoms with Gasteiger partial charge in [-0.05, 0) is 45.4 Å². The van der Waals surface area contributed by atoms with Crippen LogP contribution < -0.4 is 0 Å². The van der Waals surface area contributed by atoms with Crippen LogP contribution >= 0.6 is 11.6 Å². The number of hydrogen-bond acceptors (Lipinski definition) is 6. The summed E-state index contributed by atoms with van der Waals surface area (Å²) >= 11 is 5.86. The van der Waals surface area contributed by atoms with Gasteiger partial charge in [-0.3, -0.25) is 4.79 Å². The SMILES string of the molecule is CCOC(=O)c1c(C)[nH]c(C(=O)[C@@H](C)OC(=O)c2cccnc2Cl)c1C. The molecule has 8 heteroatoms. The molecular formula is C18H19ClN2O5. The number of nitrogens with one attached hydrogen (secondary N) is 1. The van der Waals surface area contributed by atoms with Crippen molar-refractivity contribution in [2.75, 3.05) is 6.61 Å². The number of esters is 2. The third kappa shape index (κ3) is 3.94. The molecule has 0 amide bonds. The Balaban J connectivity index is 2.21. The molecule has 0 radical (unpaired) electrons. The Morgan fingerprint density at radius 1 is 1.27 bits per heavy atom. The maximum atomic E-state index is 12.7. The monoisotopic (exact) mass is 378 g/mol. The molecule has 7 nitrogen and oxygen atoms in total. The summed E-state index contributed by atoms with van der Waals surface area (Å²) in [5, 5.41) is -0.00588. The van der Waals surface area contributed by atoms with E-state index in [-0.39, 0.29) is 23.0 Å². The van der Waals surface area contributed by atoms with Gasteiger partial charge in [-0.2, -0.15) is 0 Å². The van der Waals surface area contributed by atoms with Crippen molar-refractivity contribution in [3.05, 3.63) is 51.6 Å². The molecule has 138 valence electrons. The lowest BCUT2D eigenvalue weighted by Gasteiger charge is -2.12. The van der Waals surface area contributed by atoms with E-state index in [1.165, 1.54) is 19.2 Å². The second-order valence-electron chi connectivity index (χ2n) is 5.60. The van der Waals surface area contributed by atoms with Crippen molar-refractivity contribution in [3.63, 3.8) is 0 Å². The summed E-state index contributed by atoms with van der Waals surface area (Å²) in [5.41, 5.74) is 1.54. The minimum atomic E-state index is -1.08. The molecule has 0 fully saturated rings. The van der Waals surface area contributed by atoms with Gasteiger partial charge in [0.2, 0.25) is 5.78 Å². The number of pyridine rings is 1. The van der Waals surface area contributed by atoms with Crippen LogP contribution in [0.3, 0.4) is 0 Å². The van der Waals surface area contributed by atoms with E-state index >= 15 is 0 Å². The highest BCUT2D eigenvalue weighted by Crippen LogP contribution is 2.22. The number of carbonyl (C=O) groups is 3. The number of ketones is 1. The third-order valence-electron chi connectivity index (χ3n) is 3.80. The number of nitrogens with zero attached hydrogens (tertiary/aromatic N) is 1. The molecular weight excluding hydrogens is 360 g/mol. The zero-order chi connectivity index (χ0) is 19.4. The molecule has 0 saturated carbocycles. The topological polar surface area (TPSA) is 98.4 Å². The molecule has 0 aromatic carbocycles. The molecule has 1 atom stereocenters. The second-order valence-corrected chi connectivity index (χ2v) is 5.96. The first-order chi connectivity index (χ1) is 12.3. The fraction of sp³-hybridized carbons (Fsp3) is 0.333. The Kier molecular flexibility index (Phi) is 6.15. The highest BCUT2D eigenvalue weighted by atomic mass is 35.5. The summed E-state index contributed by atoms with van der Waals surface area (Å²) < 4.78 is 10.2. The number of hydrogen-bond donors (Lipinski definition) is 1. The van der Waals surface area contributed by atoms with Gasteiger partial charge in [-0.15, -0.1) is 0 Å². The first kappa shape index (κ1) is 19.7. The Hall–Kier alpha value is -2.67. The lowest BCUT2D eigenvalue weighted by atomic mass is 10.1. The van der Waals surface area contributed by atoms with E-state index in [0.717, 1.165) is 0 Å². The number of halogens is 1. The Labute approximate surface area is 155 Å². The Morgan fingerprint density at radius 3 is 2.58 bits per heavy atom. The number of H-pyrrole nitrogens is 1. The quantitative estimate of drug-likeness (QED) is 0.470. The molecule has 0 saturated heterocycles. The first-order valence-electron chi connectivity index (χ1n) is 7.99. The standard InChI is InChI=1S/C18H19ClN2O5/c1-5-25-18(24)13-9(2)14(21-10(13)3)15(22)11(4)26-17(23)12-7-6-8-20-16(12)19/h6-8,11,21H,5H2,1-4H3/t11-/m1/s1. The van der Waals surface area contributed by atoms with Gasteiger partial charge >= 0.3 is 11.9 Å². The number of rotatable bonds is 6. The number of ether oxygens (including phenoxy) is 2. The molecule has 0 aliphatic heterocycles. The maximum Gasteiger partial charge on any atom is 0.341 e.